The third-order valence-electron chi connectivity index (χ3n) is 2.62. The average molecular weight is 262 g/mol. The highest BCUT2D eigenvalue weighted by molar-refractivity contribution is 5.95. The van der Waals surface area contributed by atoms with Crippen LogP contribution in [-0.2, 0) is 6.54 Å². The lowest BCUT2D eigenvalue weighted by atomic mass is 10.2. The maximum atomic E-state index is 12.0. The van der Waals surface area contributed by atoms with E-state index in [1.165, 1.54) is 4.90 Å². The van der Waals surface area contributed by atoms with E-state index in [0.717, 1.165) is 11.3 Å². The van der Waals surface area contributed by atoms with Gasteiger partial charge in [-0.3, -0.25) is 4.79 Å². The first-order valence-corrected chi connectivity index (χ1v) is 5.58. The zero-order valence-corrected chi connectivity index (χ0v) is 10.7. The highest BCUT2D eigenvalue weighted by atomic mass is 16.6. The topological polar surface area (TPSA) is 94.5 Å². The monoisotopic (exact) mass is 262 g/mol. The Morgan fingerprint density at radius 3 is 2.89 bits per heavy atom. The highest BCUT2D eigenvalue weighted by Gasteiger charge is 2.20. The number of ether oxygens (including phenoxy) is 1. The smallest absolute Gasteiger partial charge is 0.280 e. The molecule has 0 atom stereocenters. The molecule has 0 aliphatic heterocycles. The van der Waals surface area contributed by atoms with Crippen molar-refractivity contribution in [3.05, 3.63) is 35.5 Å². The van der Waals surface area contributed by atoms with Crippen LogP contribution in [0, 0.1) is 0 Å². The quantitative estimate of drug-likeness (QED) is 0.880. The number of methoxy groups -OCH3 is 1. The number of benzene rings is 1. The minimum absolute atomic E-state index is 0.0116. The zero-order chi connectivity index (χ0) is 13.8. The van der Waals surface area contributed by atoms with Crippen LogP contribution in [0.25, 0.3) is 0 Å². The molecule has 7 nitrogen and oxygen atoms in total. The van der Waals surface area contributed by atoms with Crippen LogP contribution in [0.5, 0.6) is 5.75 Å². The fourth-order valence-electron chi connectivity index (χ4n) is 1.64. The molecule has 2 N–H and O–H groups in total. The molecule has 0 spiro atoms. The van der Waals surface area contributed by atoms with E-state index in [1.54, 1.807) is 14.2 Å². The number of amides is 1. The van der Waals surface area contributed by atoms with E-state index in [4.69, 9.17) is 10.5 Å². The van der Waals surface area contributed by atoms with Crippen LogP contribution in [-0.4, -0.2) is 35.3 Å². The Morgan fingerprint density at radius 1 is 1.47 bits per heavy atom. The normalized spacial score (nSPS) is 10.2. The van der Waals surface area contributed by atoms with E-state index < -0.39 is 0 Å². The Kier molecular flexibility index (Phi) is 3.65. The number of nitrogen functional groups attached to an aromatic ring is 1. The van der Waals surface area contributed by atoms with E-state index in [-0.39, 0.29) is 17.4 Å². The number of nitrogens with zero attached hydrogens (tertiary/aromatic N) is 3. The molecule has 0 saturated heterocycles. The van der Waals surface area contributed by atoms with Gasteiger partial charge in [0.25, 0.3) is 5.91 Å². The molecule has 0 bridgehead atoms. The van der Waals surface area contributed by atoms with Crippen LogP contribution in [0.15, 0.2) is 28.9 Å². The highest BCUT2D eigenvalue weighted by Crippen LogP contribution is 2.15. The molecule has 0 fully saturated rings. The van der Waals surface area contributed by atoms with Crippen LogP contribution in [0.4, 0.5) is 5.82 Å². The Balaban J connectivity index is 2.10. The molecule has 0 radical (unpaired) electrons. The molecule has 1 heterocycles. The predicted molar refractivity (Wildman–Crippen MR) is 67.5 cm³/mol. The fraction of sp³-hybridized carbons (Fsp3) is 0.250. The number of carbonyl (C=O) groups is 1. The van der Waals surface area contributed by atoms with Gasteiger partial charge in [-0.2, -0.15) is 0 Å². The number of rotatable bonds is 4. The van der Waals surface area contributed by atoms with E-state index >= 15 is 0 Å². The second kappa shape index (κ2) is 5.38. The van der Waals surface area contributed by atoms with Gasteiger partial charge in [0.15, 0.2) is 0 Å². The molecule has 0 saturated carbocycles. The number of hydrogen-bond acceptors (Lipinski definition) is 6. The molecule has 1 amide bonds. The maximum Gasteiger partial charge on any atom is 0.280 e. The molecule has 2 rings (SSSR count). The van der Waals surface area contributed by atoms with Crippen LogP contribution in [0.2, 0.25) is 0 Å². The van der Waals surface area contributed by atoms with Gasteiger partial charge in [-0.05, 0) is 28.0 Å². The van der Waals surface area contributed by atoms with Gasteiger partial charge in [0, 0.05) is 13.6 Å². The van der Waals surface area contributed by atoms with E-state index in [1.807, 2.05) is 24.3 Å². The molecule has 1 aromatic heterocycles. The third kappa shape index (κ3) is 2.82. The van der Waals surface area contributed by atoms with Crippen LogP contribution in [0.1, 0.15) is 16.1 Å². The van der Waals surface area contributed by atoms with Gasteiger partial charge in [-0.15, -0.1) is 0 Å². The Labute approximate surface area is 109 Å². The Bertz CT molecular complexity index is 582. The first-order valence-electron chi connectivity index (χ1n) is 5.58. The molecule has 2 aromatic rings. The summed E-state index contributed by atoms with van der Waals surface area (Å²) in [5, 5.41) is 6.86. The van der Waals surface area contributed by atoms with Crippen LogP contribution >= 0.6 is 0 Å². The minimum Gasteiger partial charge on any atom is -0.497 e. The number of anilines is 1. The van der Waals surface area contributed by atoms with E-state index in [2.05, 4.69) is 14.9 Å². The summed E-state index contributed by atoms with van der Waals surface area (Å²) in [6, 6.07) is 7.45. The Hall–Kier alpha value is -2.57. The SMILES string of the molecule is COc1cccc(CN(C)C(=O)c2nonc2N)c1. The first kappa shape index (κ1) is 12.9. The van der Waals surface area contributed by atoms with Crippen molar-refractivity contribution in [2.45, 2.75) is 6.54 Å². The van der Waals surface area contributed by atoms with Gasteiger partial charge in [-0.25, -0.2) is 4.63 Å². The molecule has 1 aromatic carbocycles. The molecule has 0 unspecified atom stereocenters. The van der Waals surface area contributed by atoms with E-state index in [0.29, 0.717) is 6.54 Å². The summed E-state index contributed by atoms with van der Waals surface area (Å²) in [4.78, 5) is 13.5. The summed E-state index contributed by atoms with van der Waals surface area (Å²) in [5.41, 5.74) is 6.44. The number of carbonyl (C=O) groups excluding carboxylic acids is 1. The van der Waals surface area contributed by atoms with Gasteiger partial charge in [0.2, 0.25) is 11.5 Å². The molecule has 100 valence electrons. The van der Waals surface area contributed by atoms with Crippen molar-refractivity contribution in [2.24, 2.45) is 0 Å². The average Bonchev–Trinajstić information content (AvgIpc) is 2.84. The van der Waals surface area contributed by atoms with Crippen molar-refractivity contribution in [2.75, 3.05) is 19.9 Å². The summed E-state index contributed by atoms with van der Waals surface area (Å²) in [7, 11) is 3.24. The zero-order valence-electron chi connectivity index (χ0n) is 10.7. The summed E-state index contributed by atoms with van der Waals surface area (Å²) < 4.78 is 9.54. The largest absolute Gasteiger partial charge is 0.497 e. The van der Waals surface area contributed by atoms with Crippen molar-refractivity contribution in [3.8, 4) is 5.75 Å². The van der Waals surface area contributed by atoms with Gasteiger partial charge in [0.1, 0.15) is 5.75 Å². The first-order chi connectivity index (χ1) is 9.11. The summed E-state index contributed by atoms with van der Waals surface area (Å²) in [6.07, 6.45) is 0. The van der Waals surface area contributed by atoms with Gasteiger partial charge >= 0.3 is 0 Å². The second-order valence-electron chi connectivity index (χ2n) is 4.01. The molecular weight excluding hydrogens is 248 g/mol. The molecule has 0 aliphatic carbocycles. The number of aromatic nitrogens is 2. The summed E-state index contributed by atoms with van der Waals surface area (Å²) >= 11 is 0. The van der Waals surface area contributed by atoms with Gasteiger partial charge < -0.3 is 15.4 Å². The fourth-order valence-corrected chi connectivity index (χ4v) is 1.64. The molecule has 19 heavy (non-hydrogen) atoms. The summed E-state index contributed by atoms with van der Waals surface area (Å²) in [6.45, 7) is 0.405. The van der Waals surface area contributed by atoms with Crippen LogP contribution in [0.3, 0.4) is 0 Å². The van der Waals surface area contributed by atoms with Gasteiger partial charge in [0.05, 0.1) is 7.11 Å². The van der Waals surface area contributed by atoms with Crippen molar-refractivity contribution >= 4 is 11.7 Å². The lowest BCUT2D eigenvalue weighted by molar-refractivity contribution is 0.0774. The lowest BCUT2D eigenvalue weighted by Crippen LogP contribution is -2.27. The molecular formula is C12H14N4O3. The lowest BCUT2D eigenvalue weighted by Gasteiger charge is -2.16. The molecule has 0 aliphatic rings. The van der Waals surface area contributed by atoms with Gasteiger partial charge in [-0.1, -0.05) is 12.1 Å². The minimum atomic E-state index is -0.346. The van der Waals surface area contributed by atoms with Crippen LogP contribution < -0.4 is 10.5 Å². The van der Waals surface area contributed by atoms with Crippen molar-refractivity contribution in [1.82, 2.24) is 15.2 Å². The third-order valence-corrected chi connectivity index (χ3v) is 2.62. The second-order valence-corrected chi connectivity index (χ2v) is 4.01. The Morgan fingerprint density at radius 2 is 2.26 bits per heavy atom. The maximum absolute atomic E-state index is 12.0. The predicted octanol–water partition coefficient (Wildman–Crippen LogP) is 0.933. The van der Waals surface area contributed by atoms with E-state index in [9.17, 15) is 4.79 Å². The molecule has 7 heteroatoms. The number of nitrogens with two attached hydrogens (primary N) is 1. The number of hydrogen-bond donors (Lipinski definition) is 1. The van der Waals surface area contributed by atoms with Crippen molar-refractivity contribution in [1.29, 1.82) is 0 Å². The van der Waals surface area contributed by atoms with Crippen molar-refractivity contribution in [3.63, 3.8) is 0 Å². The summed E-state index contributed by atoms with van der Waals surface area (Å²) in [5.74, 6) is 0.380. The van der Waals surface area contributed by atoms with Crippen molar-refractivity contribution < 1.29 is 14.2 Å². The standard InChI is InChI=1S/C12H14N4O3/c1-16(12(17)10-11(13)15-19-14-10)7-8-4-3-5-9(6-8)18-2/h3-6H,7H2,1-2H3,(H2,13,15).